The summed E-state index contributed by atoms with van der Waals surface area (Å²) in [4.78, 5) is 11.7. The van der Waals surface area contributed by atoms with E-state index in [0.29, 0.717) is 23.2 Å². The van der Waals surface area contributed by atoms with E-state index >= 15 is 0 Å². The van der Waals surface area contributed by atoms with Crippen LogP contribution in [0.2, 0.25) is 5.02 Å². The van der Waals surface area contributed by atoms with Crippen molar-refractivity contribution in [3.05, 3.63) is 41.7 Å². The van der Waals surface area contributed by atoms with Crippen molar-refractivity contribution < 1.29 is 4.79 Å². The van der Waals surface area contributed by atoms with Crippen molar-refractivity contribution in [1.29, 1.82) is 0 Å². The lowest BCUT2D eigenvalue weighted by Crippen LogP contribution is -2.30. The Bertz CT molecular complexity index is 596. The summed E-state index contributed by atoms with van der Waals surface area (Å²) in [5.74, 6) is 0.563. The predicted octanol–water partition coefficient (Wildman–Crippen LogP) is 3.69. The number of hydrogen-bond acceptors (Lipinski definition) is 2. The minimum Gasteiger partial charge on any atom is -0.338 e. The zero-order chi connectivity index (χ0) is 15.2. The smallest absolute Gasteiger partial charge is 0.319 e. The molecule has 21 heavy (non-hydrogen) atoms. The third-order valence-corrected chi connectivity index (χ3v) is 3.27. The van der Waals surface area contributed by atoms with E-state index < -0.39 is 0 Å². The van der Waals surface area contributed by atoms with Gasteiger partial charge in [-0.3, -0.25) is 0 Å². The first kappa shape index (κ1) is 15.4. The predicted molar refractivity (Wildman–Crippen MR) is 85.1 cm³/mol. The lowest BCUT2D eigenvalue weighted by atomic mass is 10.1. The van der Waals surface area contributed by atoms with Gasteiger partial charge in [0.1, 0.15) is 0 Å². The van der Waals surface area contributed by atoms with Crippen LogP contribution in [0.25, 0.3) is 5.69 Å². The second-order valence-electron chi connectivity index (χ2n) is 5.18. The summed E-state index contributed by atoms with van der Waals surface area (Å²) in [6.45, 7) is 4.89. The van der Waals surface area contributed by atoms with E-state index in [2.05, 4.69) is 29.6 Å². The number of amides is 2. The van der Waals surface area contributed by atoms with Crippen LogP contribution in [-0.2, 0) is 0 Å². The van der Waals surface area contributed by atoms with Crippen molar-refractivity contribution in [3.63, 3.8) is 0 Å². The molecule has 1 aromatic carbocycles. The number of carbonyl (C=O) groups excluding carboxylic acids is 1. The van der Waals surface area contributed by atoms with Crippen molar-refractivity contribution >= 4 is 23.3 Å². The van der Waals surface area contributed by atoms with E-state index in [1.54, 1.807) is 23.0 Å². The maximum absolute atomic E-state index is 11.7. The van der Waals surface area contributed by atoms with Crippen LogP contribution >= 0.6 is 11.6 Å². The molecule has 1 heterocycles. The summed E-state index contributed by atoms with van der Waals surface area (Å²) in [6, 6.07) is 6.92. The number of nitrogens with zero attached hydrogens (tertiary/aromatic N) is 2. The quantitative estimate of drug-likeness (QED) is 0.885. The van der Waals surface area contributed by atoms with Crippen molar-refractivity contribution in [1.82, 2.24) is 15.1 Å². The Labute approximate surface area is 129 Å². The Hall–Kier alpha value is -2.01. The molecule has 0 saturated heterocycles. The highest BCUT2D eigenvalue weighted by Crippen LogP contribution is 2.23. The monoisotopic (exact) mass is 306 g/mol. The number of anilines is 1. The van der Waals surface area contributed by atoms with Crippen LogP contribution < -0.4 is 10.6 Å². The van der Waals surface area contributed by atoms with Gasteiger partial charge in [0.2, 0.25) is 0 Å². The van der Waals surface area contributed by atoms with Crippen LogP contribution in [0.4, 0.5) is 10.5 Å². The molecule has 0 radical (unpaired) electrons. The molecule has 2 amide bonds. The van der Waals surface area contributed by atoms with Crippen LogP contribution in [0.3, 0.4) is 0 Å². The lowest BCUT2D eigenvalue weighted by molar-refractivity contribution is 0.251. The van der Waals surface area contributed by atoms with Crippen molar-refractivity contribution in [2.75, 3.05) is 11.9 Å². The van der Waals surface area contributed by atoms with E-state index in [9.17, 15) is 4.79 Å². The zero-order valence-corrected chi connectivity index (χ0v) is 12.9. The van der Waals surface area contributed by atoms with E-state index in [1.807, 2.05) is 18.3 Å². The highest BCUT2D eigenvalue weighted by Gasteiger charge is 2.07. The first-order valence-corrected chi connectivity index (χ1v) is 7.28. The Morgan fingerprint density at radius 1 is 1.43 bits per heavy atom. The summed E-state index contributed by atoms with van der Waals surface area (Å²) in [7, 11) is 0. The first-order chi connectivity index (χ1) is 10.1. The summed E-state index contributed by atoms with van der Waals surface area (Å²) in [5, 5.41) is 10.2. The van der Waals surface area contributed by atoms with Gasteiger partial charge in [-0.15, -0.1) is 0 Å². The van der Waals surface area contributed by atoms with Gasteiger partial charge in [-0.2, -0.15) is 5.10 Å². The third-order valence-electron chi connectivity index (χ3n) is 2.96. The summed E-state index contributed by atoms with van der Waals surface area (Å²) in [6.07, 6.45) is 4.45. The Morgan fingerprint density at radius 2 is 2.24 bits per heavy atom. The Kier molecular flexibility index (Phi) is 5.22. The standard InChI is InChI=1S/C15H19ClN4O/c1-11(2)6-8-17-15(21)19-12-4-5-14(13(16)10-12)20-9-3-7-18-20/h3-5,7,9-11H,6,8H2,1-2H3,(H2,17,19,21). The molecular weight excluding hydrogens is 288 g/mol. The molecule has 0 fully saturated rings. The van der Waals surface area contributed by atoms with Gasteiger partial charge in [-0.05, 0) is 36.6 Å². The molecule has 0 unspecified atom stereocenters. The van der Waals surface area contributed by atoms with Crippen molar-refractivity contribution in [2.24, 2.45) is 5.92 Å². The van der Waals surface area contributed by atoms with Gasteiger partial charge in [0.05, 0.1) is 10.7 Å². The lowest BCUT2D eigenvalue weighted by Gasteiger charge is -2.10. The van der Waals surface area contributed by atoms with Crippen molar-refractivity contribution in [2.45, 2.75) is 20.3 Å². The molecule has 1 aromatic heterocycles. The number of aromatic nitrogens is 2. The van der Waals surface area contributed by atoms with E-state index in [0.717, 1.165) is 12.1 Å². The summed E-state index contributed by atoms with van der Waals surface area (Å²) in [5.41, 5.74) is 1.42. The molecule has 5 nitrogen and oxygen atoms in total. The van der Waals surface area contributed by atoms with Crippen LogP contribution in [0.5, 0.6) is 0 Å². The van der Waals surface area contributed by atoms with Crippen LogP contribution in [0.1, 0.15) is 20.3 Å². The maximum Gasteiger partial charge on any atom is 0.319 e. The van der Waals surface area contributed by atoms with Gasteiger partial charge < -0.3 is 10.6 Å². The molecule has 2 aromatic rings. The minimum absolute atomic E-state index is 0.224. The molecule has 0 aliphatic rings. The second-order valence-corrected chi connectivity index (χ2v) is 5.59. The second kappa shape index (κ2) is 7.13. The largest absolute Gasteiger partial charge is 0.338 e. The number of rotatable bonds is 5. The molecule has 0 saturated carbocycles. The Morgan fingerprint density at radius 3 is 2.86 bits per heavy atom. The molecule has 0 atom stereocenters. The fourth-order valence-electron chi connectivity index (χ4n) is 1.83. The molecule has 0 spiro atoms. The zero-order valence-electron chi connectivity index (χ0n) is 12.1. The SMILES string of the molecule is CC(C)CCNC(=O)Nc1ccc(-n2cccn2)c(Cl)c1. The topological polar surface area (TPSA) is 59.0 Å². The van der Waals surface area contributed by atoms with Crippen LogP contribution in [0.15, 0.2) is 36.7 Å². The van der Waals surface area contributed by atoms with Gasteiger partial charge in [-0.25, -0.2) is 9.48 Å². The van der Waals surface area contributed by atoms with Gasteiger partial charge in [0.25, 0.3) is 0 Å². The molecule has 6 heteroatoms. The van der Waals surface area contributed by atoms with E-state index in [1.165, 1.54) is 0 Å². The Balaban J connectivity index is 1.96. The highest BCUT2D eigenvalue weighted by molar-refractivity contribution is 6.32. The fraction of sp³-hybridized carbons (Fsp3) is 0.333. The van der Waals surface area contributed by atoms with Gasteiger partial charge >= 0.3 is 6.03 Å². The van der Waals surface area contributed by atoms with Gasteiger partial charge in [0.15, 0.2) is 0 Å². The highest BCUT2D eigenvalue weighted by atomic mass is 35.5. The van der Waals surface area contributed by atoms with Crippen molar-refractivity contribution in [3.8, 4) is 5.69 Å². The third kappa shape index (κ3) is 4.49. The molecule has 0 aliphatic heterocycles. The van der Waals surface area contributed by atoms with Gasteiger partial charge in [-0.1, -0.05) is 25.4 Å². The van der Waals surface area contributed by atoms with Gasteiger partial charge in [0, 0.05) is 24.6 Å². The van der Waals surface area contributed by atoms with Crippen LogP contribution in [-0.4, -0.2) is 22.4 Å². The average Bonchev–Trinajstić information content (AvgIpc) is 2.92. The van der Waals surface area contributed by atoms with Crippen LogP contribution in [0, 0.1) is 5.92 Å². The fourth-order valence-corrected chi connectivity index (χ4v) is 2.10. The number of benzene rings is 1. The summed E-state index contributed by atoms with van der Waals surface area (Å²) < 4.78 is 1.68. The summed E-state index contributed by atoms with van der Waals surface area (Å²) >= 11 is 6.22. The normalized spacial score (nSPS) is 10.7. The number of nitrogens with one attached hydrogen (secondary N) is 2. The maximum atomic E-state index is 11.7. The number of halogens is 1. The molecule has 2 rings (SSSR count). The molecular formula is C15H19ClN4O. The molecule has 0 bridgehead atoms. The molecule has 0 aliphatic carbocycles. The van der Waals surface area contributed by atoms with E-state index in [4.69, 9.17) is 11.6 Å². The average molecular weight is 307 g/mol. The molecule has 112 valence electrons. The minimum atomic E-state index is -0.224. The number of hydrogen-bond donors (Lipinski definition) is 2. The number of urea groups is 1. The number of carbonyl (C=O) groups is 1. The molecule has 2 N–H and O–H groups in total. The van der Waals surface area contributed by atoms with E-state index in [-0.39, 0.29) is 6.03 Å². The first-order valence-electron chi connectivity index (χ1n) is 6.90.